The molecular weight excluding hydrogens is 391 g/mol. The molecule has 2 rings (SSSR count). The largest absolute Gasteiger partial charge is 0.357 e. The fourth-order valence-corrected chi connectivity index (χ4v) is 2.78. The van der Waals surface area contributed by atoms with E-state index in [9.17, 15) is 0 Å². The van der Waals surface area contributed by atoms with E-state index < -0.39 is 0 Å². The van der Waals surface area contributed by atoms with Crippen LogP contribution in [-0.4, -0.2) is 59.2 Å². The highest BCUT2D eigenvalue weighted by atomic mass is 127. The molecule has 1 atom stereocenters. The van der Waals surface area contributed by atoms with Gasteiger partial charge in [-0.25, -0.2) is 4.98 Å². The van der Waals surface area contributed by atoms with Crippen molar-refractivity contribution in [2.45, 2.75) is 39.3 Å². The number of halogens is 1. The number of nitrogens with one attached hydrogen (secondary N) is 2. The van der Waals surface area contributed by atoms with Gasteiger partial charge in [-0.3, -0.25) is 9.89 Å². The SMILES string of the molecule is CCNC(=NCC1CCCN1CC)NCCn1ccnc1.I. The van der Waals surface area contributed by atoms with Crippen molar-refractivity contribution >= 4 is 29.9 Å². The molecule has 6 nitrogen and oxygen atoms in total. The molecule has 2 heterocycles. The van der Waals surface area contributed by atoms with E-state index in [0.717, 1.165) is 38.7 Å². The minimum atomic E-state index is 0. The number of likely N-dealkylation sites (N-methyl/N-ethyl adjacent to an activating group) is 1. The Morgan fingerprint density at radius 1 is 1.36 bits per heavy atom. The number of hydrogen-bond donors (Lipinski definition) is 2. The average Bonchev–Trinajstić information content (AvgIpc) is 3.15. The van der Waals surface area contributed by atoms with Crippen LogP contribution < -0.4 is 10.6 Å². The fourth-order valence-electron chi connectivity index (χ4n) is 2.78. The van der Waals surface area contributed by atoms with Gasteiger partial charge >= 0.3 is 0 Å². The van der Waals surface area contributed by atoms with Crippen molar-refractivity contribution in [2.75, 3.05) is 32.7 Å². The third-order valence-electron chi connectivity index (χ3n) is 3.93. The Balaban J connectivity index is 0.00000242. The Kier molecular flexibility index (Phi) is 9.45. The zero-order chi connectivity index (χ0) is 14.9. The van der Waals surface area contributed by atoms with Gasteiger partial charge in [0.1, 0.15) is 0 Å². The van der Waals surface area contributed by atoms with Gasteiger partial charge < -0.3 is 15.2 Å². The molecule has 1 aromatic rings. The molecule has 0 saturated carbocycles. The smallest absolute Gasteiger partial charge is 0.191 e. The standard InChI is InChI=1S/C15H28N6.HI/c1-3-17-15(18-8-11-20-10-7-16-13-20)19-12-14-6-5-9-21(14)4-2;/h7,10,13-14H,3-6,8-9,11-12H2,1-2H3,(H2,17,18,19);1H. The molecule has 1 aliphatic heterocycles. The molecule has 0 bridgehead atoms. The van der Waals surface area contributed by atoms with Crippen LogP contribution in [0.4, 0.5) is 0 Å². The number of nitrogens with zero attached hydrogens (tertiary/aromatic N) is 4. The summed E-state index contributed by atoms with van der Waals surface area (Å²) in [5, 5.41) is 6.70. The Bertz CT molecular complexity index is 420. The molecule has 126 valence electrons. The molecular formula is C15H29IN6. The molecule has 0 spiro atoms. The van der Waals surface area contributed by atoms with Gasteiger partial charge in [0.25, 0.3) is 0 Å². The predicted molar refractivity (Wildman–Crippen MR) is 102 cm³/mol. The Labute approximate surface area is 150 Å². The Hall–Kier alpha value is -0.830. The maximum atomic E-state index is 4.74. The van der Waals surface area contributed by atoms with Gasteiger partial charge in [0.15, 0.2) is 5.96 Å². The molecule has 22 heavy (non-hydrogen) atoms. The lowest BCUT2D eigenvalue weighted by atomic mass is 10.2. The van der Waals surface area contributed by atoms with Crippen molar-refractivity contribution in [3.05, 3.63) is 18.7 Å². The number of guanidine groups is 1. The van der Waals surface area contributed by atoms with Gasteiger partial charge in [0, 0.05) is 38.1 Å². The summed E-state index contributed by atoms with van der Waals surface area (Å²) < 4.78 is 2.06. The van der Waals surface area contributed by atoms with Gasteiger partial charge in [0.2, 0.25) is 0 Å². The Morgan fingerprint density at radius 3 is 2.91 bits per heavy atom. The number of imidazole rings is 1. The van der Waals surface area contributed by atoms with Gasteiger partial charge in [0.05, 0.1) is 12.9 Å². The van der Waals surface area contributed by atoms with Crippen molar-refractivity contribution in [2.24, 2.45) is 4.99 Å². The summed E-state index contributed by atoms with van der Waals surface area (Å²) in [6, 6.07) is 0.610. The van der Waals surface area contributed by atoms with Crippen molar-refractivity contribution in [3.63, 3.8) is 0 Å². The van der Waals surface area contributed by atoms with Crippen LogP contribution in [0.25, 0.3) is 0 Å². The van der Waals surface area contributed by atoms with Crippen LogP contribution in [0.3, 0.4) is 0 Å². The number of rotatable bonds is 7. The number of hydrogen-bond acceptors (Lipinski definition) is 3. The van der Waals surface area contributed by atoms with E-state index in [1.165, 1.54) is 19.4 Å². The van der Waals surface area contributed by atoms with Crippen LogP contribution >= 0.6 is 24.0 Å². The lowest BCUT2D eigenvalue weighted by molar-refractivity contribution is 0.273. The minimum absolute atomic E-state index is 0. The minimum Gasteiger partial charge on any atom is -0.357 e. The second kappa shape index (κ2) is 10.8. The molecule has 0 aliphatic carbocycles. The van der Waals surface area contributed by atoms with Crippen LogP contribution in [0.15, 0.2) is 23.7 Å². The highest BCUT2D eigenvalue weighted by Crippen LogP contribution is 2.16. The summed E-state index contributed by atoms with van der Waals surface area (Å²) in [5.41, 5.74) is 0. The van der Waals surface area contributed by atoms with E-state index in [2.05, 4.69) is 38.9 Å². The third kappa shape index (κ3) is 6.12. The van der Waals surface area contributed by atoms with E-state index in [1.807, 2.05) is 12.5 Å². The van der Waals surface area contributed by atoms with Crippen molar-refractivity contribution in [1.82, 2.24) is 25.1 Å². The monoisotopic (exact) mass is 420 g/mol. The normalized spacial score (nSPS) is 19.0. The quantitative estimate of drug-likeness (QED) is 0.399. The molecule has 7 heteroatoms. The first kappa shape index (κ1) is 19.2. The van der Waals surface area contributed by atoms with Crippen molar-refractivity contribution in [3.8, 4) is 0 Å². The summed E-state index contributed by atoms with van der Waals surface area (Å²) in [7, 11) is 0. The molecule has 0 aromatic carbocycles. The lowest BCUT2D eigenvalue weighted by Gasteiger charge is -2.21. The molecule has 1 unspecified atom stereocenters. The number of aliphatic imine (C=N–C) groups is 1. The van der Waals surface area contributed by atoms with Gasteiger partial charge in [-0.05, 0) is 32.9 Å². The van der Waals surface area contributed by atoms with Gasteiger partial charge in [-0.15, -0.1) is 24.0 Å². The zero-order valence-corrected chi connectivity index (χ0v) is 16.0. The summed E-state index contributed by atoms with van der Waals surface area (Å²) in [4.78, 5) is 11.3. The van der Waals surface area contributed by atoms with Crippen molar-refractivity contribution in [1.29, 1.82) is 0 Å². The molecule has 2 N–H and O–H groups in total. The van der Waals surface area contributed by atoms with E-state index in [-0.39, 0.29) is 24.0 Å². The highest BCUT2D eigenvalue weighted by molar-refractivity contribution is 14.0. The van der Waals surface area contributed by atoms with Crippen LogP contribution in [-0.2, 0) is 6.54 Å². The Morgan fingerprint density at radius 2 is 2.23 bits per heavy atom. The van der Waals surface area contributed by atoms with E-state index >= 15 is 0 Å². The van der Waals surface area contributed by atoms with E-state index in [4.69, 9.17) is 4.99 Å². The summed E-state index contributed by atoms with van der Waals surface area (Å²) in [6.45, 7) is 10.2. The summed E-state index contributed by atoms with van der Waals surface area (Å²) >= 11 is 0. The molecule has 1 aromatic heterocycles. The topological polar surface area (TPSA) is 57.5 Å². The predicted octanol–water partition coefficient (Wildman–Crippen LogP) is 1.54. The molecule has 0 amide bonds. The number of likely N-dealkylation sites (tertiary alicyclic amines) is 1. The van der Waals surface area contributed by atoms with Crippen molar-refractivity contribution < 1.29 is 0 Å². The first-order valence-corrected chi connectivity index (χ1v) is 8.05. The van der Waals surface area contributed by atoms with Crippen LogP contribution in [0.2, 0.25) is 0 Å². The van der Waals surface area contributed by atoms with E-state index in [0.29, 0.717) is 6.04 Å². The van der Waals surface area contributed by atoms with Gasteiger partial charge in [-0.2, -0.15) is 0 Å². The lowest BCUT2D eigenvalue weighted by Crippen LogP contribution is -2.40. The summed E-state index contributed by atoms with van der Waals surface area (Å²) in [6.07, 6.45) is 8.19. The maximum Gasteiger partial charge on any atom is 0.191 e. The van der Waals surface area contributed by atoms with Crippen LogP contribution in [0.5, 0.6) is 0 Å². The first-order valence-electron chi connectivity index (χ1n) is 8.05. The molecule has 1 aliphatic rings. The number of aromatic nitrogens is 2. The maximum absolute atomic E-state index is 4.74. The second-order valence-electron chi connectivity index (χ2n) is 5.37. The second-order valence-corrected chi connectivity index (χ2v) is 5.37. The third-order valence-corrected chi connectivity index (χ3v) is 3.93. The van der Waals surface area contributed by atoms with Gasteiger partial charge in [-0.1, -0.05) is 6.92 Å². The summed E-state index contributed by atoms with van der Waals surface area (Å²) in [5.74, 6) is 0.917. The highest BCUT2D eigenvalue weighted by Gasteiger charge is 2.22. The first-order chi connectivity index (χ1) is 10.3. The average molecular weight is 420 g/mol. The fraction of sp³-hybridized carbons (Fsp3) is 0.733. The molecule has 0 radical (unpaired) electrons. The zero-order valence-electron chi connectivity index (χ0n) is 13.7. The van der Waals surface area contributed by atoms with Crippen LogP contribution in [0, 0.1) is 0 Å². The van der Waals surface area contributed by atoms with Crippen LogP contribution in [0.1, 0.15) is 26.7 Å². The molecule has 1 saturated heterocycles. The van der Waals surface area contributed by atoms with E-state index in [1.54, 1.807) is 6.20 Å². The molecule has 1 fully saturated rings.